The summed E-state index contributed by atoms with van der Waals surface area (Å²) in [7, 11) is 0. The van der Waals surface area contributed by atoms with Crippen LogP contribution >= 0.6 is 0 Å². The van der Waals surface area contributed by atoms with Crippen molar-refractivity contribution in [3.05, 3.63) is 66.0 Å². The first-order valence-corrected chi connectivity index (χ1v) is 8.48. The Bertz CT molecular complexity index is 787. The van der Waals surface area contributed by atoms with Gasteiger partial charge in [0.1, 0.15) is 18.4 Å². The Kier molecular flexibility index (Phi) is 5.63. The van der Waals surface area contributed by atoms with Crippen molar-refractivity contribution in [1.82, 2.24) is 9.88 Å². The summed E-state index contributed by atoms with van der Waals surface area (Å²) in [6.07, 6.45) is 6.06. The van der Waals surface area contributed by atoms with Crippen LogP contribution in [0.15, 0.2) is 54.7 Å². The lowest BCUT2D eigenvalue weighted by Gasteiger charge is -2.19. The number of aliphatic carboxylic acids is 1. The summed E-state index contributed by atoms with van der Waals surface area (Å²) in [5.74, 6) is -0.506. The number of likely N-dealkylation sites (tertiary alicyclic amines) is 1. The molecule has 1 atom stereocenters. The number of hydrogen-bond acceptors (Lipinski definition) is 4. The first-order valence-electron chi connectivity index (χ1n) is 8.48. The van der Waals surface area contributed by atoms with Gasteiger partial charge in [0.05, 0.1) is 5.69 Å². The molecule has 1 aliphatic heterocycles. The predicted octanol–water partition coefficient (Wildman–Crippen LogP) is 2.75. The summed E-state index contributed by atoms with van der Waals surface area (Å²) in [6, 6.07) is 12.3. The van der Waals surface area contributed by atoms with Crippen LogP contribution in [0.25, 0.3) is 6.08 Å². The Morgan fingerprint density at radius 1 is 1.23 bits per heavy atom. The Morgan fingerprint density at radius 3 is 2.73 bits per heavy atom. The van der Waals surface area contributed by atoms with Crippen LogP contribution in [0, 0.1) is 0 Å². The van der Waals surface area contributed by atoms with Crippen molar-refractivity contribution in [2.24, 2.45) is 0 Å². The molecule has 1 aromatic heterocycles. The van der Waals surface area contributed by atoms with Crippen LogP contribution in [0.1, 0.15) is 24.1 Å². The molecule has 1 unspecified atom stereocenters. The summed E-state index contributed by atoms with van der Waals surface area (Å²) in [5.41, 5.74) is 1.69. The Hall–Kier alpha value is -3.15. The van der Waals surface area contributed by atoms with Gasteiger partial charge in [0.2, 0.25) is 5.91 Å². The quantitative estimate of drug-likeness (QED) is 0.809. The number of carboxylic acid groups (broad SMARTS) is 1. The zero-order valence-corrected chi connectivity index (χ0v) is 14.2. The number of rotatable bonds is 6. The molecule has 26 heavy (non-hydrogen) atoms. The second-order valence-electron chi connectivity index (χ2n) is 6.04. The molecular weight excluding hydrogens is 332 g/mol. The fraction of sp³-hybridized carbons (Fsp3) is 0.250. The first-order chi connectivity index (χ1) is 12.6. The summed E-state index contributed by atoms with van der Waals surface area (Å²) < 4.78 is 5.67. The minimum Gasteiger partial charge on any atom is -0.487 e. The number of nitrogens with zero attached hydrogens (tertiary/aromatic N) is 2. The van der Waals surface area contributed by atoms with Crippen LogP contribution in [0.5, 0.6) is 5.75 Å². The largest absolute Gasteiger partial charge is 0.487 e. The maximum absolute atomic E-state index is 12.2. The topological polar surface area (TPSA) is 79.7 Å². The summed E-state index contributed by atoms with van der Waals surface area (Å²) in [6.45, 7) is 0.875. The zero-order valence-electron chi connectivity index (χ0n) is 14.2. The molecule has 6 heteroatoms. The molecule has 0 spiro atoms. The molecule has 1 N–H and O–H groups in total. The summed E-state index contributed by atoms with van der Waals surface area (Å²) >= 11 is 0. The van der Waals surface area contributed by atoms with Gasteiger partial charge in [-0.25, -0.2) is 4.79 Å². The van der Waals surface area contributed by atoms with Crippen molar-refractivity contribution in [3.63, 3.8) is 0 Å². The summed E-state index contributed by atoms with van der Waals surface area (Å²) in [5, 5.41) is 9.14. The highest BCUT2D eigenvalue weighted by atomic mass is 16.5. The highest BCUT2D eigenvalue weighted by Crippen LogP contribution is 2.19. The van der Waals surface area contributed by atoms with Crippen molar-refractivity contribution in [2.75, 3.05) is 6.54 Å². The average Bonchev–Trinajstić information content (AvgIpc) is 3.16. The molecule has 6 nitrogen and oxygen atoms in total. The number of aromatic nitrogens is 1. The van der Waals surface area contributed by atoms with Gasteiger partial charge in [0.15, 0.2) is 0 Å². The van der Waals surface area contributed by atoms with E-state index >= 15 is 0 Å². The highest BCUT2D eigenvalue weighted by Gasteiger charge is 2.32. The maximum Gasteiger partial charge on any atom is 0.326 e. The van der Waals surface area contributed by atoms with E-state index < -0.39 is 12.0 Å². The molecule has 1 fully saturated rings. The van der Waals surface area contributed by atoms with Crippen molar-refractivity contribution in [3.8, 4) is 5.75 Å². The lowest BCUT2D eigenvalue weighted by molar-refractivity contribution is -0.146. The molecule has 1 amide bonds. The number of carbonyl (C=O) groups is 2. The highest BCUT2D eigenvalue weighted by molar-refractivity contribution is 5.94. The molecule has 0 aliphatic carbocycles. The van der Waals surface area contributed by atoms with Crippen molar-refractivity contribution in [2.45, 2.75) is 25.5 Å². The van der Waals surface area contributed by atoms with E-state index in [1.807, 2.05) is 42.5 Å². The third kappa shape index (κ3) is 4.47. The van der Waals surface area contributed by atoms with Gasteiger partial charge < -0.3 is 14.7 Å². The van der Waals surface area contributed by atoms with Gasteiger partial charge in [-0.2, -0.15) is 0 Å². The van der Waals surface area contributed by atoms with Crippen LogP contribution in [-0.4, -0.2) is 39.5 Å². The Labute approximate surface area is 151 Å². The van der Waals surface area contributed by atoms with Gasteiger partial charge in [-0.3, -0.25) is 9.78 Å². The molecule has 1 aliphatic rings. The van der Waals surface area contributed by atoms with E-state index in [9.17, 15) is 9.59 Å². The van der Waals surface area contributed by atoms with Crippen molar-refractivity contribution < 1.29 is 19.4 Å². The second-order valence-corrected chi connectivity index (χ2v) is 6.04. The molecule has 134 valence electrons. The third-order valence-electron chi connectivity index (χ3n) is 4.23. The molecule has 0 saturated carbocycles. The lowest BCUT2D eigenvalue weighted by Crippen LogP contribution is -2.39. The minimum atomic E-state index is -0.946. The van der Waals surface area contributed by atoms with E-state index in [2.05, 4.69) is 4.98 Å². The number of pyridine rings is 1. The minimum absolute atomic E-state index is 0.273. The fourth-order valence-electron chi connectivity index (χ4n) is 2.87. The van der Waals surface area contributed by atoms with E-state index in [0.29, 0.717) is 25.3 Å². The molecule has 0 bridgehead atoms. The normalized spacial score (nSPS) is 16.8. The zero-order chi connectivity index (χ0) is 18.4. The number of hydrogen-bond donors (Lipinski definition) is 1. The second kappa shape index (κ2) is 8.29. The summed E-state index contributed by atoms with van der Waals surface area (Å²) in [4.78, 5) is 29.0. The van der Waals surface area contributed by atoms with Gasteiger partial charge in [0.25, 0.3) is 0 Å². The number of carboxylic acids is 1. The smallest absolute Gasteiger partial charge is 0.326 e. The van der Waals surface area contributed by atoms with Crippen LogP contribution in [0.2, 0.25) is 0 Å². The van der Waals surface area contributed by atoms with E-state index in [0.717, 1.165) is 17.7 Å². The molecule has 2 heterocycles. The molecule has 1 aromatic carbocycles. The van der Waals surface area contributed by atoms with E-state index in [1.54, 1.807) is 12.3 Å². The third-order valence-corrected chi connectivity index (χ3v) is 4.23. The van der Waals surface area contributed by atoms with Crippen LogP contribution < -0.4 is 4.74 Å². The van der Waals surface area contributed by atoms with Gasteiger partial charge in [0, 0.05) is 18.8 Å². The first kappa shape index (κ1) is 17.7. The average molecular weight is 352 g/mol. The van der Waals surface area contributed by atoms with Gasteiger partial charge in [-0.05, 0) is 48.7 Å². The van der Waals surface area contributed by atoms with E-state index in [1.165, 1.54) is 11.0 Å². The van der Waals surface area contributed by atoms with E-state index in [-0.39, 0.29) is 5.91 Å². The van der Waals surface area contributed by atoms with Gasteiger partial charge in [-0.15, -0.1) is 0 Å². The molecule has 1 saturated heterocycles. The number of carbonyl (C=O) groups excluding carboxylic acids is 1. The number of amides is 1. The Morgan fingerprint density at radius 2 is 2.04 bits per heavy atom. The van der Waals surface area contributed by atoms with Crippen LogP contribution in [0.3, 0.4) is 0 Å². The maximum atomic E-state index is 12.2. The number of benzene rings is 1. The van der Waals surface area contributed by atoms with Crippen LogP contribution in [-0.2, 0) is 16.2 Å². The Balaban J connectivity index is 1.56. The van der Waals surface area contributed by atoms with Crippen LogP contribution in [0.4, 0.5) is 0 Å². The molecule has 2 aromatic rings. The molecule has 3 rings (SSSR count). The SMILES string of the molecule is O=C(O)C1CCCN1C(=O)C=Cc1ccc(OCc2ccccn2)cc1. The van der Waals surface area contributed by atoms with E-state index in [4.69, 9.17) is 9.84 Å². The number of ether oxygens (including phenoxy) is 1. The van der Waals surface area contributed by atoms with Gasteiger partial charge in [-0.1, -0.05) is 18.2 Å². The standard InChI is InChI=1S/C20H20N2O4/c23-19(22-13-3-5-18(22)20(24)25)11-8-15-6-9-17(10-7-15)26-14-16-4-1-2-12-21-16/h1-2,4,6-12,18H,3,5,13-14H2,(H,24,25). The fourth-order valence-corrected chi connectivity index (χ4v) is 2.87. The monoisotopic (exact) mass is 352 g/mol. The predicted molar refractivity (Wildman–Crippen MR) is 96.4 cm³/mol. The molecular formula is C20H20N2O4. The molecule has 0 radical (unpaired) electrons. The van der Waals surface area contributed by atoms with Gasteiger partial charge >= 0.3 is 5.97 Å². The van der Waals surface area contributed by atoms with Crippen molar-refractivity contribution in [1.29, 1.82) is 0 Å². The van der Waals surface area contributed by atoms with Crippen molar-refractivity contribution >= 4 is 18.0 Å². The lowest BCUT2D eigenvalue weighted by atomic mass is 10.2.